The van der Waals surface area contributed by atoms with Crippen molar-refractivity contribution in [3.8, 4) is 0 Å². The summed E-state index contributed by atoms with van der Waals surface area (Å²) < 4.78 is 4.51. The smallest absolute Gasteiger partial charge is 0.322 e. The zero-order valence-corrected chi connectivity index (χ0v) is 10.4. The van der Waals surface area contributed by atoms with Crippen LogP contribution in [0.2, 0.25) is 0 Å². The molecule has 0 unspecified atom stereocenters. The van der Waals surface area contributed by atoms with Gasteiger partial charge in [0.05, 0.1) is 13.7 Å². The fraction of sp³-hybridized carbons (Fsp3) is 0.800. The predicted molar refractivity (Wildman–Crippen MR) is 60.8 cm³/mol. The van der Waals surface area contributed by atoms with E-state index in [1.54, 1.807) is 14.1 Å². The fourth-order valence-electron chi connectivity index (χ4n) is 1.08. The van der Waals surface area contributed by atoms with Crippen molar-refractivity contribution in [2.24, 2.45) is 5.73 Å². The molecule has 0 aliphatic heterocycles. The minimum Gasteiger partial charge on any atom is -0.468 e. The normalized spacial score (nSPS) is 12.4. The number of carbonyl (C=O) groups is 2. The van der Waals surface area contributed by atoms with E-state index in [9.17, 15) is 9.59 Å². The number of likely N-dealkylation sites (N-methyl/N-ethyl adjacent to an activating group) is 2. The summed E-state index contributed by atoms with van der Waals surface area (Å²) in [5.74, 6) is -0.401. The van der Waals surface area contributed by atoms with Crippen molar-refractivity contribution in [3.63, 3.8) is 0 Å². The molecular formula is C10H21N3O3. The third-order valence-corrected chi connectivity index (χ3v) is 2.23. The molecule has 0 aliphatic rings. The summed E-state index contributed by atoms with van der Waals surface area (Å²) in [6.45, 7) is 0.900. The SMILES string of the molecule is COC(=O)[C@@H](N)CCN(C)CC(=O)N(C)C. The topological polar surface area (TPSA) is 75.9 Å². The van der Waals surface area contributed by atoms with Crippen molar-refractivity contribution in [2.45, 2.75) is 12.5 Å². The molecule has 0 fully saturated rings. The van der Waals surface area contributed by atoms with E-state index in [-0.39, 0.29) is 5.91 Å². The Kier molecular flexibility index (Phi) is 6.67. The van der Waals surface area contributed by atoms with Crippen molar-refractivity contribution in [3.05, 3.63) is 0 Å². The minimum atomic E-state index is -0.623. The van der Waals surface area contributed by atoms with Crippen LogP contribution < -0.4 is 5.73 Å². The van der Waals surface area contributed by atoms with E-state index in [0.717, 1.165) is 0 Å². The summed E-state index contributed by atoms with van der Waals surface area (Å²) in [7, 11) is 6.53. The van der Waals surface area contributed by atoms with Gasteiger partial charge in [-0.2, -0.15) is 0 Å². The molecule has 0 aromatic heterocycles. The lowest BCUT2D eigenvalue weighted by Gasteiger charge is -2.19. The molecule has 0 aromatic rings. The molecule has 94 valence electrons. The van der Waals surface area contributed by atoms with E-state index >= 15 is 0 Å². The number of amides is 1. The van der Waals surface area contributed by atoms with Crippen molar-refractivity contribution in [1.82, 2.24) is 9.80 Å². The van der Waals surface area contributed by atoms with Gasteiger partial charge in [-0.25, -0.2) is 0 Å². The van der Waals surface area contributed by atoms with E-state index in [1.807, 2.05) is 11.9 Å². The molecule has 1 amide bonds. The Morgan fingerprint density at radius 1 is 1.31 bits per heavy atom. The van der Waals surface area contributed by atoms with Gasteiger partial charge < -0.3 is 15.4 Å². The maximum atomic E-state index is 11.3. The highest BCUT2D eigenvalue weighted by molar-refractivity contribution is 5.77. The Morgan fingerprint density at radius 3 is 2.31 bits per heavy atom. The Labute approximate surface area is 96.3 Å². The van der Waals surface area contributed by atoms with Gasteiger partial charge in [0.25, 0.3) is 0 Å². The summed E-state index contributed by atoms with van der Waals surface area (Å²) in [6.07, 6.45) is 0.476. The van der Waals surface area contributed by atoms with Crippen molar-refractivity contribution < 1.29 is 14.3 Å². The second-order valence-corrected chi connectivity index (χ2v) is 3.94. The van der Waals surface area contributed by atoms with E-state index in [4.69, 9.17) is 5.73 Å². The van der Waals surface area contributed by atoms with Gasteiger partial charge in [-0.05, 0) is 13.5 Å². The number of methoxy groups -OCH3 is 1. The molecule has 0 radical (unpaired) electrons. The fourth-order valence-corrected chi connectivity index (χ4v) is 1.08. The molecule has 0 heterocycles. The van der Waals surface area contributed by atoms with Crippen LogP contribution >= 0.6 is 0 Å². The first-order valence-corrected chi connectivity index (χ1v) is 5.10. The van der Waals surface area contributed by atoms with E-state index < -0.39 is 12.0 Å². The van der Waals surface area contributed by atoms with E-state index in [0.29, 0.717) is 19.5 Å². The van der Waals surface area contributed by atoms with E-state index in [1.165, 1.54) is 12.0 Å². The number of nitrogens with zero attached hydrogens (tertiary/aromatic N) is 2. The summed E-state index contributed by atoms with van der Waals surface area (Å²) in [6, 6.07) is -0.623. The summed E-state index contributed by atoms with van der Waals surface area (Å²) in [5.41, 5.74) is 5.57. The molecule has 1 atom stereocenters. The lowest BCUT2D eigenvalue weighted by atomic mass is 10.2. The molecule has 0 saturated heterocycles. The van der Waals surface area contributed by atoms with Gasteiger partial charge in [0, 0.05) is 20.6 Å². The molecule has 0 bridgehead atoms. The average molecular weight is 231 g/mol. The van der Waals surface area contributed by atoms with Gasteiger partial charge in [0.1, 0.15) is 6.04 Å². The minimum absolute atomic E-state index is 0.0224. The van der Waals surface area contributed by atoms with Crippen LogP contribution in [-0.4, -0.2) is 69.1 Å². The number of hydrogen-bond acceptors (Lipinski definition) is 5. The van der Waals surface area contributed by atoms with Gasteiger partial charge in [-0.15, -0.1) is 0 Å². The second-order valence-electron chi connectivity index (χ2n) is 3.94. The van der Waals surface area contributed by atoms with Crippen LogP contribution in [-0.2, 0) is 14.3 Å². The predicted octanol–water partition coefficient (Wildman–Crippen LogP) is -1.10. The lowest BCUT2D eigenvalue weighted by Crippen LogP contribution is -2.39. The highest BCUT2D eigenvalue weighted by Crippen LogP contribution is 1.95. The molecule has 0 spiro atoms. The zero-order chi connectivity index (χ0) is 12.7. The molecule has 0 rings (SSSR count). The Morgan fingerprint density at radius 2 is 1.88 bits per heavy atom. The Hall–Kier alpha value is -1.14. The number of esters is 1. The molecule has 2 N–H and O–H groups in total. The van der Waals surface area contributed by atoms with Crippen LogP contribution in [0.15, 0.2) is 0 Å². The summed E-state index contributed by atoms with van der Waals surface area (Å²) >= 11 is 0. The molecule has 6 heteroatoms. The number of carbonyl (C=O) groups excluding carboxylic acids is 2. The van der Waals surface area contributed by atoms with Crippen molar-refractivity contribution >= 4 is 11.9 Å². The Bertz CT molecular complexity index is 243. The zero-order valence-electron chi connectivity index (χ0n) is 10.4. The molecule has 6 nitrogen and oxygen atoms in total. The van der Waals surface area contributed by atoms with Crippen LogP contribution in [0.3, 0.4) is 0 Å². The third-order valence-electron chi connectivity index (χ3n) is 2.23. The largest absolute Gasteiger partial charge is 0.468 e. The van der Waals surface area contributed by atoms with Crippen molar-refractivity contribution in [1.29, 1.82) is 0 Å². The highest BCUT2D eigenvalue weighted by Gasteiger charge is 2.15. The first-order valence-electron chi connectivity index (χ1n) is 5.10. The van der Waals surface area contributed by atoms with Gasteiger partial charge >= 0.3 is 5.97 Å². The van der Waals surface area contributed by atoms with Crippen LogP contribution in [0.5, 0.6) is 0 Å². The third kappa shape index (κ3) is 5.67. The maximum Gasteiger partial charge on any atom is 0.322 e. The van der Waals surface area contributed by atoms with Crippen LogP contribution in [0.25, 0.3) is 0 Å². The van der Waals surface area contributed by atoms with Gasteiger partial charge in [-0.3, -0.25) is 14.5 Å². The van der Waals surface area contributed by atoms with Crippen molar-refractivity contribution in [2.75, 3.05) is 41.3 Å². The number of hydrogen-bond donors (Lipinski definition) is 1. The lowest BCUT2D eigenvalue weighted by molar-refractivity contribution is -0.142. The standard InChI is InChI=1S/C10H21N3O3/c1-12(2)9(14)7-13(3)6-5-8(11)10(15)16-4/h8H,5-7,11H2,1-4H3/t8-/m0/s1. The van der Waals surface area contributed by atoms with E-state index in [2.05, 4.69) is 4.74 Å². The number of rotatable bonds is 6. The molecule has 0 saturated carbocycles. The summed E-state index contributed by atoms with van der Waals surface area (Å²) in [4.78, 5) is 25.7. The maximum absolute atomic E-state index is 11.3. The molecule has 16 heavy (non-hydrogen) atoms. The number of ether oxygens (including phenoxy) is 1. The number of nitrogens with two attached hydrogens (primary N) is 1. The second kappa shape index (κ2) is 7.19. The van der Waals surface area contributed by atoms with Crippen LogP contribution in [0.4, 0.5) is 0 Å². The molecule has 0 aromatic carbocycles. The van der Waals surface area contributed by atoms with Gasteiger partial charge in [-0.1, -0.05) is 0 Å². The monoisotopic (exact) mass is 231 g/mol. The first-order chi connectivity index (χ1) is 7.38. The Balaban J connectivity index is 3.85. The highest BCUT2D eigenvalue weighted by atomic mass is 16.5. The molecular weight excluding hydrogens is 210 g/mol. The molecule has 0 aliphatic carbocycles. The first kappa shape index (κ1) is 14.9. The van der Waals surface area contributed by atoms with Crippen LogP contribution in [0.1, 0.15) is 6.42 Å². The average Bonchev–Trinajstić information content (AvgIpc) is 2.24. The van der Waals surface area contributed by atoms with Gasteiger partial charge in [0.2, 0.25) is 5.91 Å². The summed E-state index contributed by atoms with van der Waals surface area (Å²) in [5, 5.41) is 0. The van der Waals surface area contributed by atoms with Gasteiger partial charge in [0.15, 0.2) is 0 Å². The van der Waals surface area contributed by atoms with Crippen LogP contribution in [0, 0.1) is 0 Å². The quantitative estimate of drug-likeness (QED) is 0.587.